The number of halogens is 1. The number of aliphatic imine (C=N–C) groups is 1. The van der Waals surface area contributed by atoms with Crippen LogP contribution in [0.4, 0.5) is 0 Å². The predicted octanol–water partition coefficient (Wildman–Crippen LogP) is 3.45. The average molecular weight is 474 g/mol. The molecule has 1 aromatic carbocycles. The van der Waals surface area contributed by atoms with Gasteiger partial charge in [-0.1, -0.05) is 25.1 Å². The highest BCUT2D eigenvalue weighted by molar-refractivity contribution is 14.0. The van der Waals surface area contributed by atoms with Crippen LogP contribution >= 0.6 is 24.0 Å². The smallest absolute Gasteiger partial charge is 0.191 e. The van der Waals surface area contributed by atoms with Crippen molar-refractivity contribution in [1.82, 2.24) is 15.5 Å². The molecule has 6 heteroatoms. The molecule has 1 fully saturated rings. The summed E-state index contributed by atoms with van der Waals surface area (Å²) in [6, 6.07) is 9.35. The Kier molecular flexibility index (Phi) is 10.3. The second-order valence-electron chi connectivity index (χ2n) is 7.14. The lowest BCUT2D eigenvalue weighted by atomic mass is 10.00. The molecule has 0 spiro atoms. The maximum Gasteiger partial charge on any atom is 0.191 e. The molecule has 0 aromatic heterocycles. The quantitative estimate of drug-likeness (QED) is 0.377. The van der Waals surface area contributed by atoms with E-state index in [1.807, 2.05) is 19.2 Å². The molecule has 1 aliphatic heterocycles. The third-order valence-corrected chi connectivity index (χ3v) is 5.07. The number of piperidine rings is 1. The molecule has 0 aliphatic carbocycles. The predicted molar refractivity (Wildman–Crippen MR) is 121 cm³/mol. The van der Waals surface area contributed by atoms with Crippen LogP contribution in [0.5, 0.6) is 5.75 Å². The van der Waals surface area contributed by atoms with Crippen LogP contribution in [0.15, 0.2) is 29.3 Å². The number of para-hydroxylation sites is 1. The molecule has 26 heavy (non-hydrogen) atoms. The van der Waals surface area contributed by atoms with E-state index in [4.69, 9.17) is 4.74 Å². The fourth-order valence-corrected chi connectivity index (χ4v) is 3.38. The summed E-state index contributed by atoms with van der Waals surface area (Å²) in [6.45, 7) is 9.89. The summed E-state index contributed by atoms with van der Waals surface area (Å²) < 4.78 is 5.47. The van der Waals surface area contributed by atoms with Crippen molar-refractivity contribution in [2.45, 2.75) is 51.6 Å². The van der Waals surface area contributed by atoms with Crippen LogP contribution in [0.25, 0.3) is 0 Å². The SMILES string of the molecule is CN=C(NCC(C)c1ccccc1OC)NC1CCN(C(C)C)CC1.I. The van der Waals surface area contributed by atoms with Crippen LogP contribution < -0.4 is 15.4 Å². The van der Waals surface area contributed by atoms with Gasteiger partial charge in [0.1, 0.15) is 5.75 Å². The van der Waals surface area contributed by atoms with E-state index in [-0.39, 0.29) is 24.0 Å². The van der Waals surface area contributed by atoms with Gasteiger partial charge in [0.15, 0.2) is 5.96 Å². The molecule has 1 heterocycles. The largest absolute Gasteiger partial charge is 0.496 e. The van der Waals surface area contributed by atoms with Crippen molar-refractivity contribution < 1.29 is 4.74 Å². The van der Waals surface area contributed by atoms with E-state index in [0.29, 0.717) is 18.0 Å². The zero-order chi connectivity index (χ0) is 18.2. The monoisotopic (exact) mass is 474 g/mol. The number of hydrogen-bond donors (Lipinski definition) is 2. The highest BCUT2D eigenvalue weighted by Gasteiger charge is 2.21. The minimum absolute atomic E-state index is 0. The van der Waals surface area contributed by atoms with E-state index in [0.717, 1.165) is 31.3 Å². The Morgan fingerprint density at radius 2 is 1.88 bits per heavy atom. The maximum absolute atomic E-state index is 5.47. The summed E-state index contributed by atoms with van der Waals surface area (Å²) in [5.41, 5.74) is 1.22. The number of benzene rings is 1. The molecule has 0 radical (unpaired) electrons. The maximum atomic E-state index is 5.47. The number of guanidine groups is 1. The number of likely N-dealkylation sites (tertiary alicyclic amines) is 1. The van der Waals surface area contributed by atoms with Crippen molar-refractivity contribution in [3.63, 3.8) is 0 Å². The lowest BCUT2D eigenvalue weighted by Gasteiger charge is -2.35. The third-order valence-electron chi connectivity index (χ3n) is 5.07. The number of hydrogen-bond acceptors (Lipinski definition) is 3. The molecular weight excluding hydrogens is 439 g/mol. The fourth-order valence-electron chi connectivity index (χ4n) is 3.38. The van der Waals surface area contributed by atoms with Crippen molar-refractivity contribution in [1.29, 1.82) is 0 Å². The first-order valence-electron chi connectivity index (χ1n) is 9.39. The van der Waals surface area contributed by atoms with Crippen LogP contribution in [0, 0.1) is 0 Å². The number of methoxy groups -OCH3 is 1. The molecule has 0 amide bonds. The number of nitrogens with one attached hydrogen (secondary N) is 2. The van der Waals surface area contributed by atoms with E-state index in [1.54, 1.807) is 7.11 Å². The summed E-state index contributed by atoms with van der Waals surface area (Å²) >= 11 is 0. The molecule has 1 unspecified atom stereocenters. The number of rotatable bonds is 6. The summed E-state index contributed by atoms with van der Waals surface area (Å²) in [5, 5.41) is 7.05. The zero-order valence-corrected chi connectivity index (χ0v) is 19.1. The van der Waals surface area contributed by atoms with Gasteiger partial charge in [0, 0.05) is 44.7 Å². The van der Waals surface area contributed by atoms with E-state index in [9.17, 15) is 0 Å². The average Bonchev–Trinajstić information content (AvgIpc) is 2.65. The van der Waals surface area contributed by atoms with Crippen molar-refractivity contribution >= 4 is 29.9 Å². The molecule has 1 aromatic rings. The molecule has 1 saturated heterocycles. The van der Waals surface area contributed by atoms with Gasteiger partial charge in [-0.3, -0.25) is 4.99 Å². The molecule has 148 valence electrons. The van der Waals surface area contributed by atoms with Gasteiger partial charge < -0.3 is 20.3 Å². The highest BCUT2D eigenvalue weighted by atomic mass is 127. The molecular formula is C20H35IN4O. The summed E-state index contributed by atoms with van der Waals surface area (Å²) in [7, 11) is 3.56. The molecule has 0 bridgehead atoms. The number of nitrogens with zero attached hydrogens (tertiary/aromatic N) is 2. The molecule has 2 rings (SSSR count). The molecule has 0 saturated carbocycles. The Morgan fingerprint density at radius 1 is 1.23 bits per heavy atom. The van der Waals surface area contributed by atoms with E-state index >= 15 is 0 Å². The Hall–Kier alpha value is -1.02. The van der Waals surface area contributed by atoms with Gasteiger partial charge in [0.2, 0.25) is 0 Å². The number of ether oxygens (including phenoxy) is 1. The minimum atomic E-state index is 0. The van der Waals surface area contributed by atoms with Gasteiger partial charge in [-0.25, -0.2) is 0 Å². The lowest BCUT2D eigenvalue weighted by Crippen LogP contribution is -2.50. The Labute approximate surface area is 176 Å². The van der Waals surface area contributed by atoms with Crippen molar-refractivity contribution in [2.24, 2.45) is 4.99 Å². The summed E-state index contributed by atoms with van der Waals surface area (Å²) in [5.74, 6) is 2.18. The summed E-state index contributed by atoms with van der Waals surface area (Å²) in [6.07, 6.45) is 2.34. The van der Waals surface area contributed by atoms with Crippen LogP contribution in [-0.4, -0.2) is 56.7 Å². The van der Waals surface area contributed by atoms with Gasteiger partial charge in [0.25, 0.3) is 0 Å². The standard InChI is InChI=1S/C20H34N4O.HI/c1-15(2)24-12-10-17(11-13-24)23-20(21-4)22-14-16(3)18-8-6-7-9-19(18)25-5;/h6-9,15-17H,10-14H2,1-5H3,(H2,21,22,23);1H. The second-order valence-corrected chi connectivity index (χ2v) is 7.14. The first kappa shape index (κ1) is 23.0. The van der Waals surface area contributed by atoms with Crippen molar-refractivity contribution in [2.75, 3.05) is 33.8 Å². The van der Waals surface area contributed by atoms with Crippen LogP contribution in [0.1, 0.15) is 45.1 Å². The van der Waals surface area contributed by atoms with Crippen molar-refractivity contribution in [3.05, 3.63) is 29.8 Å². The molecule has 2 N–H and O–H groups in total. The van der Waals surface area contributed by atoms with Crippen LogP contribution in [-0.2, 0) is 0 Å². The second kappa shape index (κ2) is 11.6. The molecule has 5 nitrogen and oxygen atoms in total. The Bertz CT molecular complexity index is 556. The van der Waals surface area contributed by atoms with Gasteiger partial charge in [0.05, 0.1) is 7.11 Å². The minimum Gasteiger partial charge on any atom is -0.496 e. The topological polar surface area (TPSA) is 48.9 Å². The first-order valence-corrected chi connectivity index (χ1v) is 9.39. The van der Waals surface area contributed by atoms with Gasteiger partial charge in [-0.05, 0) is 38.3 Å². The third kappa shape index (κ3) is 6.61. The Morgan fingerprint density at radius 3 is 2.46 bits per heavy atom. The fraction of sp³-hybridized carbons (Fsp3) is 0.650. The first-order chi connectivity index (χ1) is 12.0. The Balaban J connectivity index is 0.00000338. The highest BCUT2D eigenvalue weighted by Crippen LogP contribution is 2.25. The van der Waals surface area contributed by atoms with Crippen LogP contribution in [0.2, 0.25) is 0 Å². The molecule has 1 aliphatic rings. The van der Waals surface area contributed by atoms with E-state index in [1.165, 1.54) is 18.4 Å². The van der Waals surface area contributed by atoms with Gasteiger partial charge in [-0.2, -0.15) is 0 Å². The zero-order valence-electron chi connectivity index (χ0n) is 16.8. The van der Waals surface area contributed by atoms with Crippen LogP contribution in [0.3, 0.4) is 0 Å². The lowest BCUT2D eigenvalue weighted by molar-refractivity contribution is 0.167. The normalized spacial score (nSPS) is 17.5. The molecule has 1 atom stereocenters. The van der Waals surface area contributed by atoms with Gasteiger partial charge >= 0.3 is 0 Å². The van der Waals surface area contributed by atoms with E-state index in [2.05, 4.69) is 53.4 Å². The van der Waals surface area contributed by atoms with Crippen molar-refractivity contribution in [3.8, 4) is 5.75 Å². The summed E-state index contributed by atoms with van der Waals surface area (Å²) in [4.78, 5) is 6.93. The van der Waals surface area contributed by atoms with E-state index < -0.39 is 0 Å². The van der Waals surface area contributed by atoms with Gasteiger partial charge in [-0.15, -0.1) is 24.0 Å².